The SMILES string of the molecule is COc1ccc(N2C(=O)C(=Cc3cc(OC)c(OC)c(OC)c3)SC2=S)cc1. The predicted octanol–water partition coefficient (Wildman–Crippen LogP) is 4.13. The molecule has 1 amide bonds. The van der Waals surface area contributed by atoms with Gasteiger partial charge in [0.05, 0.1) is 39.0 Å². The Morgan fingerprint density at radius 1 is 0.929 bits per heavy atom. The van der Waals surface area contributed by atoms with Gasteiger partial charge in [-0.3, -0.25) is 9.69 Å². The quantitative estimate of drug-likeness (QED) is 0.517. The van der Waals surface area contributed by atoms with Crippen molar-refractivity contribution in [2.75, 3.05) is 33.3 Å². The molecular weight excluding hydrogens is 398 g/mol. The van der Waals surface area contributed by atoms with Crippen LogP contribution >= 0.6 is 24.0 Å². The summed E-state index contributed by atoms with van der Waals surface area (Å²) >= 11 is 6.66. The van der Waals surface area contributed by atoms with Crippen LogP contribution in [0.4, 0.5) is 5.69 Å². The zero-order valence-corrected chi connectivity index (χ0v) is 17.5. The molecule has 3 rings (SSSR count). The fourth-order valence-corrected chi connectivity index (χ4v) is 4.06. The lowest BCUT2D eigenvalue weighted by Crippen LogP contribution is -2.27. The molecular formula is C20H19NO5S2. The summed E-state index contributed by atoms with van der Waals surface area (Å²) in [5.74, 6) is 2.04. The molecule has 146 valence electrons. The number of thiocarbonyl (C=S) groups is 1. The van der Waals surface area contributed by atoms with Crippen LogP contribution in [-0.4, -0.2) is 38.7 Å². The van der Waals surface area contributed by atoms with Gasteiger partial charge in [0.1, 0.15) is 5.75 Å². The van der Waals surface area contributed by atoms with Gasteiger partial charge in [0.15, 0.2) is 15.8 Å². The maximum atomic E-state index is 12.9. The zero-order chi connectivity index (χ0) is 20.3. The number of thioether (sulfide) groups is 1. The Bertz CT molecular complexity index is 915. The van der Waals surface area contributed by atoms with Crippen LogP contribution < -0.4 is 23.8 Å². The van der Waals surface area contributed by atoms with Crippen molar-refractivity contribution < 1.29 is 23.7 Å². The highest BCUT2D eigenvalue weighted by Gasteiger charge is 2.33. The van der Waals surface area contributed by atoms with Crippen molar-refractivity contribution in [3.8, 4) is 23.0 Å². The predicted molar refractivity (Wildman–Crippen MR) is 115 cm³/mol. The molecule has 1 heterocycles. The number of hydrogen-bond donors (Lipinski definition) is 0. The standard InChI is InChI=1S/C20H19NO5S2/c1-23-14-7-5-13(6-8-14)21-19(22)17(28-20(21)27)11-12-9-15(24-2)18(26-4)16(10-12)25-3/h5-11H,1-4H3. The molecule has 2 aromatic rings. The number of carbonyl (C=O) groups is 1. The van der Waals surface area contributed by atoms with E-state index in [4.69, 9.17) is 31.2 Å². The Morgan fingerprint density at radius 3 is 2.04 bits per heavy atom. The van der Waals surface area contributed by atoms with Crippen molar-refractivity contribution in [1.82, 2.24) is 0 Å². The minimum Gasteiger partial charge on any atom is -0.497 e. The molecule has 1 aliphatic heterocycles. The smallest absolute Gasteiger partial charge is 0.270 e. The van der Waals surface area contributed by atoms with Crippen LogP contribution in [-0.2, 0) is 4.79 Å². The van der Waals surface area contributed by atoms with E-state index >= 15 is 0 Å². The minimum atomic E-state index is -0.186. The van der Waals surface area contributed by atoms with Crippen molar-refractivity contribution in [2.24, 2.45) is 0 Å². The second kappa shape index (κ2) is 8.53. The van der Waals surface area contributed by atoms with Crippen LogP contribution in [0.25, 0.3) is 6.08 Å². The molecule has 0 N–H and O–H groups in total. The number of hydrogen-bond acceptors (Lipinski definition) is 7. The fourth-order valence-electron chi connectivity index (χ4n) is 2.76. The van der Waals surface area contributed by atoms with Gasteiger partial charge < -0.3 is 18.9 Å². The summed E-state index contributed by atoms with van der Waals surface area (Å²) < 4.78 is 21.7. The molecule has 1 aliphatic rings. The highest BCUT2D eigenvalue weighted by Crippen LogP contribution is 2.41. The molecule has 0 aromatic heterocycles. The third-order valence-electron chi connectivity index (χ3n) is 4.11. The summed E-state index contributed by atoms with van der Waals surface area (Å²) in [4.78, 5) is 15.0. The molecule has 0 unspecified atom stereocenters. The Labute approximate surface area is 173 Å². The minimum absolute atomic E-state index is 0.186. The average molecular weight is 418 g/mol. The highest BCUT2D eigenvalue weighted by molar-refractivity contribution is 8.27. The number of amides is 1. The van der Waals surface area contributed by atoms with Gasteiger partial charge in [0, 0.05) is 0 Å². The summed E-state index contributed by atoms with van der Waals surface area (Å²) in [6.07, 6.45) is 1.76. The summed E-state index contributed by atoms with van der Waals surface area (Å²) in [5.41, 5.74) is 1.43. The van der Waals surface area contributed by atoms with Crippen LogP contribution in [0.2, 0.25) is 0 Å². The van der Waals surface area contributed by atoms with Crippen LogP contribution in [0.15, 0.2) is 41.3 Å². The van der Waals surface area contributed by atoms with E-state index in [-0.39, 0.29) is 5.91 Å². The number of ether oxygens (including phenoxy) is 4. The van der Waals surface area contributed by atoms with Crippen molar-refractivity contribution in [2.45, 2.75) is 0 Å². The van der Waals surface area contributed by atoms with E-state index in [0.29, 0.717) is 37.9 Å². The third-order valence-corrected chi connectivity index (χ3v) is 5.41. The lowest BCUT2D eigenvalue weighted by atomic mass is 10.1. The number of methoxy groups -OCH3 is 4. The van der Waals surface area contributed by atoms with E-state index in [1.807, 2.05) is 0 Å². The topological polar surface area (TPSA) is 57.2 Å². The highest BCUT2D eigenvalue weighted by atomic mass is 32.2. The van der Waals surface area contributed by atoms with Gasteiger partial charge in [-0.25, -0.2) is 0 Å². The van der Waals surface area contributed by atoms with E-state index < -0.39 is 0 Å². The Hall–Kier alpha value is -2.71. The van der Waals surface area contributed by atoms with Crippen LogP contribution in [0.1, 0.15) is 5.56 Å². The molecule has 8 heteroatoms. The van der Waals surface area contributed by atoms with Crippen molar-refractivity contribution in [1.29, 1.82) is 0 Å². The molecule has 2 aromatic carbocycles. The number of nitrogens with zero attached hydrogens (tertiary/aromatic N) is 1. The van der Waals surface area contributed by atoms with E-state index in [2.05, 4.69) is 0 Å². The molecule has 1 saturated heterocycles. The normalized spacial score (nSPS) is 15.1. The number of carbonyl (C=O) groups excluding carboxylic acids is 1. The first-order valence-electron chi connectivity index (χ1n) is 8.24. The Balaban J connectivity index is 1.95. The first kappa shape index (κ1) is 20.0. The first-order valence-corrected chi connectivity index (χ1v) is 9.46. The van der Waals surface area contributed by atoms with Gasteiger partial charge in [-0.15, -0.1) is 0 Å². The van der Waals surface area contributed by atoms with Gasteiger partial charge >= 0.3 is 0 Å². The van der Waals surface area contributed by atoms with Gasteiger partial charge in [0.25, 0.3) is 5.91 Å². The molecule has 0 spiro atoms. The molecule has 0 atom stereocenters. The van der Waals surface area contributed by atoms with Crippen LogP contribution in [0.3, 0.4) is 0 Å². The first-order chi connectivity index (χ1) is 13.5. The van der Waals surface area contributed by atoms with E-state index in [0.717, 1.165) is 5.56 Å². The van der Waals surface area contributed by atoms with Gasteiger partial charge in [-0.05, 0) is 48.0 Å². The molecule has 6 nitrogen and oxygen atoms in total. The largest absolute Gasteiger partial charge is 0.497 e. The van der Waals surface area contributed by atoms with E-state index in [9.17, 15) is 4.79 Å². The van der Waals surface area contributed by atoms with Gasteiger partial charge in [-0.1, -0.05) is 24.0 Å². The molecule has 28 heavy (non-hydrogen) atoms. The number of rotatable bonds is 6. The maximum Gasteiger partial charge on any atom is 0.270 e. The summed E-state index contributed by atoms with van der Waals surface area (Å²) in [5, 5.41) is 0. The van der Waals surface area contributed by atoms with Crippen LogP contribution in [0.5, 0.6) is 23.0 Å². The molecule has 0 saturated carbocycles. The lowest BCUT2D eigenvalue weighted by molar-refractivity contribution is -0.113. The summed E-state index contributed by atoms with van der Waals surface area (Å²) in [6.45, 7) is 0. The second-order valence-electron chi connectivity index (χ2n) is 5.67. The zero-order valence-electron chi connectivity index (χ0n) is 15.8. The second-order valence-corrected chi connectivity index (χ2v) is 7.35. The Morgan fingerprint density at radius 2 is 1.54 bits per heavy atom. The van der Waals surface area contributed by atoms with Crippen molar-refractivity contribution in [3.05, 3.63) is 46.9 Å². The van der Waals surface area contributed by atoms with Crippen molar-refractivity contribution in [3.63, 3.8) is 0 Å². The maximum absolute atomic E-state index is 12.9. The number of benzene rings is 2. The molecule has 1 fully saturated rings. The lowest BCUT2D eigenvalue weighted by Gasteiger charge is -2.15. The molecule has 0 bridgehead atoms. The van der Waals surface area contributed by atoms with E-state index in [1.54, 1.807) is 70.9 Å². The number of anilines is 1. The van der Waals surface area contributed by atoms with Crippen LogP contribution in [0, 0.1) is 0 Å². The summed E-state index contributed by atoms with van der Waals surface area (Å²) in [7, 11) is 6.23. The monoisotopic (exact) mass is 417 g/mol. The van der Waals surface area contributed by atoms with E-state index in [1.165, 1.54) is 16.7 Å². The molecule has 0 aliphatic carbocycles. The third kappa shape index (κ3) is 3.79. The average Bonchev–Trinajstić information content (AvgIpc) is 3.00. The Kier molecular flexibility index (Phi) is 6.11. The van der Waals surface area contributed by atoms with Gasteiger partial charge in [-0.2, -0.15) is 0 Å². The fraction of sp³-hybridized carbons (Fsp3) is 0.200. The van der Waals surface area contributed by atoms with Gasteiger partial charge in [0.2, 0.25) is 5.75 Å². The van der Waals surface area contributed by atoms with Crippen molar-refractivity contribution >= 4 is 46.0 Å². The molecule has 0 radical (unpaired) electrons. The summed E-state index contributed by atoms with van der Waals surface area (Å²) in [6, 6.07) is 10.7.